The molecule has 1 unspecified atom stereocenters. The summed E-state index contributed by atoms with van der Waals surface area (Å²) in [5, 5.41) is 0. The van der Waals surface area contributed by atoms with E-state index in [9.17, 15) is 14.4 Å². The summed E-state index contributed by atoms with van der Waals surface area (Å²) in [6.45, 7) is 6.55. The van der Waals surface area contributed by atoms with Crippen molar-refractivity contribution in [3.63, 3.8) is 0 Å². The summed E-state index contributed by atoms with van der Waals surface area (Å²) in [6, 6.07) is 0. The molecule has 0 heterocycles. The number of unbranched alkanes of at least 4 members (excludes halogenated alkanes) is 46. The van der Waals surface area contributed by atoms with Crippen LogP contribution in [0.4, 0.5) is 0 Å². The Morgan fingerprint density at radius 3 is 0.780 bits per heavy atom. The Labute approximate surface area is 510 Å². The minimum Gasteiger partial charge on any atom is -0.462 e. The van der Waals surface area contributed by atoms with E-state index in [1.54, 1.807) is 0 Å². The van der Waals surface area contributed by atoms with Crippen LogP contribution in [0.2, 0.25) is 0 Å². The highest BCUT2D eigenvalue weighted by Crippen LogP contribution is 2.19. The summed E-state index contributed by atoms with van der Waals surface area (Å²) in [5.74, 6) is -0.901. The molecule has 0 aliphatic rings. The Bertz CT molecular complexity index is 1460. The van der Waals surface area contributed by atoms with Crippen LogP contribution in [0.25, 0.3) is 0 Å². The number of hydrogen-bond donors (Lipinski definition) is 0. The van der Waals surface area contributed by atoms with Crippen molar-refractivity contribution in [3.05, 3.63) is 60.8 Å². The lowest BCUT2D eigenvalue weighted by Crippen LogP contribution is -2.30. The van der Waals surface area contributed by atoms with Gasteiger partial charge in [-0.3, -0.25) is 14.4 Å². The van der Waals surface area contributed by atoms with Crippen LogP contribution in [0.1, 0.15) is 387 Å². The van der Waals surface area contributed by atoms with Crippen LogP contribution in [0.5, 0.6) is 0 Å². The maximum Gasteiger partial charge on any atom is 0.306 e. The zero-order chi connectivity index (χ0) is 59.2. The number of allylic oxidation sites excluding steroid dienone is 10. The third-order valence-corrected chi connectivity index (χ3v) is 16.3. The van der Waals surface area contributed by atoms with E-state index in [0.29, 0.717) is 19.3 Å². The third kappa shape index (κ3) is 67.9. The van der Waals surface area contributed by atoms with Crippen molar-refractivity contribution in [2.75, 3.05) is 13.2 Å². The minimum atomic E-state index is -0.789. The van der Waals surface area contributed by atoms with Crippen molar-refractivity contribution >= 4 is 17.9 Å². The lowest BCUT2D eigenvalue weighted by Gasteiger charge is -2.18. The van der Waals surface area contributed by atoms with Crippen molar-refractivity contribution in [1.82, 2.24) is 0 Å². The molecule has 82 heavy (non-hydrogen) atoms. The Balaban J connectivity index is 4.15. The first-order chi connectivity index (χ1) is 40.5. The van der Waals surface area contributed by atoms with E-state index >= 15 is 0 Å². The summed E-state index contributed by atoms with van der Waals surface area (Å²) in [4.78, 5) is 38.4. The van der Waals surface area contributed by atoms with Gasteiger partial charge in [0, 0.05) is 19.3 Å². The highest BCUT2D eigenvalue weighted by Gasteiger charge is 2.19. The molecule has 0 aromatic carbocycles. The molecule has 0 saturated carbocycles. The zero-order valence-electron chi connectivity index (χ0n) is 55.0. The fraction of sp³-hybridized carbons (Fsp3) is 0.829. The molecule has 0 aromatic rings. The standard InChI is InChI=1S/C76H138O6/c1-4-7-10-13-16-19-22-25-28-30-31-32-33-34-35-36-37-38-39-40-41-42-43-44-45-46-49-51-54-57-60-63-66-69-75(78)81-72-73(71-80-74(77)68-65-62-59-56-53-50-47-27-24-21-18-15-12-9-6-3)82-76(79)70-67-64-61-58-55-52-48-29-26-23-20-17-14-11-8-5-2/h9,12,18,21,27,30-31,47,53,56,73H,4-8,10-11,13-17,19-20,22-26,28-29,32-46,48-52,54-55,57-72H2,1-3H3/b12-9-,21-18-,31-30-,47-27-,56-53-. The normalized spacial score (nSPS) is 12.4. The van der Waals surface area contributed by atoms with E-state index < -0.39 is 6.10 Å². The van der Waals surface area contributed by atoms with E-state index in [-0.39, 0.29) is 31.1 Å². The van der Waals surface area contributed by atoms with Gasteiger partial charge in [-0.1, -0.05) is 345 Å². The maximum atomic E-state index is 12.9. The predicted molar refractivity (Wildman–Crippen MR) is 358 cm³/mol. The molecule has 0 radical (unpaired) electrons. The van der Waals surface area contributed by atoms with E-state index in [1.807, 2.05) is 0 Å². The van der Waals surface area contributed by atoms with Crippen molar-refractivity contribution < 1.29 is 28.6 Å². The second-order valence-corrected chi connectivity index (χ2v) is 24.5. The quantitative estimate of drug-likeness (QED) is 0.0261. The first kappa shape index (κ1) is 79.1. The van der Waals surface area contributed by atoms with Gasteiger partial charge in [-0.15, -0.1) is 0 Å². The molecule has 6 nitrogen and oxygen atoms in total. The molecule has 0 aromatic heterocycles. The van der Waals surface area contributed by atoms with E-state index in [4.69, 9.17) is 14.2 Å². The van der Waals surface area contributed by atoms with Crippen LogP contribution in [0.15, 0.2) is 60.8 Å². The van der Waals surface area contributed by atoms with Crippen molar-refractivity contribution in [2.24, 2.45) is 0 Å². The molecular formula is C76H138O6. The molecule has 0 amide bonds. The molecule has 0 aliphatic heterocycles. The van der Waals surface area contributed by atoms with Gasteiger partial charge in [0.05, 0.1) is 0 Å². The number of ether oxygens (including phenoxy) is 3. The molecular weight excluding hydrogens is 1010 g/mol. The van der Waals surface area contributed by atoms with Gasteiger partial charge in [-0.25, -0.2) is 0 Å². The monoisotopic (exact) mass is 1150 g/mol. The van der Waals surface area contributed by atoms with Crippen LogP contribution in [-0.4, -0.2) is 37.2 Å². The summed E-state index contributed by atoms with van der Waals surface area (Å²) in [5.41, 5.74) is 0. The fourth-order valence-corrected chi connectivity index (χ4v) is 10.8. The van der Waals surface area contributed by atoms with Gasteiger partial charge in [-0.05, 0) is 83.5 Å². The SMILES string of the molecule is CC/C=C\C/C=C\C/C=C\C/C=C\CCCCC(=O)OCC(COC(=O)CCCCCCCCCCCCCCCCCCCCCCC/C=C\CCCCCCCCCC)OC(=O)CCCCCCCCCCCCCCCCCC. The highest BCUT2D eigenvalue weighted by molar-refractivity contribution is 5.71. The molecule has 0 aliphatic carbocycles. The maximum absolute atomic E-state index is 12.9. The zero-order valence-corrected chi connectivity index (χ0v) is 55.0. The molecule has 0 fully saturated rings. The predicted octanol–water partition coefficient (Wildman–Crippen LogP) is 25.1. The van der Waals surface area contributed by atoms with Crippen LogP contribution >= 0.6 is 0 Å². The van der Waals surface area contributed by atoms with Gasteiger partial charge in [-0.2, -0.15) is 0 Å². The summed E-state index contributed by atoms with van der Waals surface area (Å²) < 4.78 is 16.9. The Kier molecular flexibility index (Phi) is 68.1. The number of carbonyl (C=O) groups excluding carboxylic acids is 3. The van der Waals surface area contributed by atoms with E-state index in [2.05, 4.69) is 81.5 Å². The third-order valence-electron chi connectivity index (χ3n) is 16.3. The number of rotatable bonds is 67. The van der Waals surface area contributed by atoms with Crippen LogP contribution in [0.3, 0.4) is 0 Å². The summed E-state index contributed by atoms with van der Waals surface area (Å²) in [6.07, 6.45) is 91.4. The molecule has 0 spiro atoms. The first-order valence-electron chi connectivity index (χ1n) is 36.3. The molecule has 1 atom stereocenters. The Morgan fingerprint density at radius 2 is 0.476 bits per heavy atom. The molecule has 478 valence electrons. The van der Waals surface area contributed by atoms with Gasteiger partial charge in [0.2, 0.25) is 0 Å². The second kappa shape index (κ2) is 70.6. The van der Waals surface area contributed by atoms with Crippen molar-refractivity contribution in [3.8, 4) is 0 Å². The Morgan fingerprint density at radius 1 is 0.256 bits per heavy atom. The lowest BCUT2D eigenvalue weighted by atomic mass is 10.0. The highest BCUT2D eigenvalue weighted by atomic mass is 16.6. The number of carbonyl (C=O) groups is 3. The average Bonchev–Trinajstić information content (AvgIpc) is 3.47. The molecule has 0 N–H and O–H groups in total. The number of esters is 3. The number of hydrogen-bond acceptors (Lipinski definition) is 6. The first-order valence-corrected chi connectivity index (χ1v) is 36.3. The van der Waals surface area contributed by atoms with Gasteiger partial charge in [0.15, 0.2) is 6.10 Å². The Hall–Kier alpha value is -2.89. The van der Waals surface area contributed by atoms with Crippen molar-refractivity contribution in [2.45, 2.75) is 393 Å². The van der Waals surface area contributed by atoms with Gasteiger partial charge in [0.1, 0.15) is 13.2 Å². The smallest absolute Gasteiger partial charge is 0.306 e. The van der Waals surface area contributed by atoms with Crippen LogP contribution in [-0.2, 0) is 28.6 Å². The van der Waals surface area contributed by atoms with E-state index in [0.717, 1.165) is 83.5 Å². The molecule has 6 heteroatoms. The topological polar surface area (TPSA) is 78.9 Å². The van der Waals surface area contributed by atoms with Crippen LogP contribution in [0, 0.1) is 0 Å². The minimum absolute atomic E-state index is 0.0824. The molecule has 0 saturated heterocycles. The largest absolute Gasteiger partial charge is 0.462 e. The van der Waals surface area contributed by atoms with E-state index in [1.165, 1.54) is 263 Å². The summed E-state index contributed by atoms with van der Waals surface area (Å²) in [7, 11) is 0. The van der Waals surface area contributed by atoms with Crippen molar-refractivity contribution in [1.29, 1.82) is 0 Å². The molecule has 0 rings (SSSR count). The lowest BCUT2D eigenvalue weighted by molar-refractivity contribution is -0.167. The van der Waals surface area contributed by atoms with Gasteiger partial charge < -0.3 is 14.2 Å². The van der Waals surface area contributed by atoms with Gasteiger partial charge in [0.25, 0.3) is 0 Å². The molecule has 0 bridgehead atoms. The summed E-state index contributed by atoms with van der Waals surface area (Å²) >= 11 is 0. The fourth-order valence-electron chi connectivity index (χ4n) is 10.8. The second-order valence-electron chi connectivity index (χ2n) is 24.5. The van der Waals surface area contributed by atoms with Crippen LogP contribution < -0.4 is 0 Å². The average molecular weight is 1150 g/mol. The van der Waals surface area contributed by atoms with Gasteiger partial charge >= 0.3 is 17.9 Å².